The van der Waals surface area contributed by atoms with Crippen LogP contribution in [0, 0.1) is 30.1 Å². The number of Topliss-reactive ketones (excluding diaryl/α,β-unsaturated/α-hetero) is 3. The van der Waals surface area contributed by atoms with Crippen LogP contribution in [0.15, 0.2) is 66.9 Å². The van der Waals surface area contributed by atoms with Crippen molar-refractivity contribution in [1.82, 2.24) is 20.2 Å². The summed E-state index contributed by atoms with van der Waals surface area (Å²) in [6.45, 7) is 5.86. The summed E-state index contributed by atoms with van der Waals surface area (Å²) >= 11 is 0. The zero-order valence-electron chi connectivity index (χ0n) is 36.0. The molecule has 0 saturated heterocycles. The van der Waals surface area contributed by atoms with Gasteiger partial charge in [-0.3, -0.25) is 24.0 Å². The van der Waals surface area contributed by atoms with Gasteiger partial charge in [0.2, 0.25) is 11.8 Å². The maximum absolute atomic E-state index is 14.6. The highest BCUT2D eigenvalue weighted by atomic mass is 16.5. The highest BCUT2D eigenvalue weighted by Crippen LogP contribution is 2.40. The Balaban J connectivity index is 1.50. The van der Waals surface area contributed by atoms with Crippen molar-refractivity contribution in [2.45, 2.75) is 90.6 Å². The second-order valence-electron chi connectivity index (χ2n) is 16.0. The summed E-state index contributed by atoms with van der Waals surface area (Å²) in [6.07, 6.45) is 4.19. The number of phenols is 1. The molecule has 62 heavy (non-hydrogen) atoms. The van der Waals surface area contributed by atoms with Crippen LogP contribution in [0.1, 0.15) is 97.6 Å². The van der Waals surface area contributed by atoms with Gasteiger partial charge in [-0.15, -0.1) is 0 Å². The van der Waals surface area contributed by atoms with E-state index in [0.717, 1.165) is 24.8 Å². The van der Waals surface area contributed by atoms with Gasteiger partial charge in [-0.1, -0.05) is 56.7 Å². The van der Waals surface area contributed by atoms with E-state index in [-0.39, 0.29) is 81.1 Å². The Hall–Kier alpha value is -6.30. The summed E-state index contributed by atoms with van der Waals surface area (Å²) < 4.78 is 6.00. The van der Waals surface area contributed by atoms with E-state index in [1.807, 2.05) is 18.2 Å². The van der Waals surface area contributed by atoms with E-state index in [0.29, 0.717) is 39.5 Å². The number of ether oxygens (including phenoxy) is 1. The van der Waals surface area contributed by atoms with Crippen LogP contribution in [0.2, 0.25) is 0 Å². The van der Waals surface area contributed by atoms with Crippen LogP contribution in [-0.2, 0) is 32.0 Å². The van der Waals surface area contributed by atoms with E-state index < -0.39 is 41.5 Å². The topological polar surface area (TPSA) is 232 Å². The summed E-state index contributed by atoms with van der Waals surface area (Å²) in [5, 5.41) is 23.2. The number of likely N-dealkylation sites (N-methyl/N-ethyl adjacent to an activating group) is 1. The smallest absolute Gasteiger partial charge is 0.226 e. The third-order valence-corrected chi connectivity index (χ3v) is 11.3. The van der Waals surface area contributed by atoms with E-state index in [4.69, 9.17) is 21.5 Å². The third-order valence-electron chi connectivity index (χ3n) is 11.3. The molecule has 6 N–H and O–H groups in total. The minimum absolute atomic E-state index is 0.0403. The molecular formula is C48H57N7O7. The average Bonchev–Trinajstić information content (AvgIpc) is 3.26. The van der Waals surface area contributed by atoms with Crippen LogP contribution in [0.3, 0.4) is 0 Å². The first-order valence-electron chi connectivity index (χ1n) is 21.2. The Morgan fingerprint density at radius 1 is 1.03 bits per heavy atom. The number of aromatic hydroxyl groups is 1. The standard InChI is InChI=1S/C48H57N7O7/c1-5-6-8-31-10-13-33(14-11-31)46-52-28-38(30(3)53-46)42(58)27-35(18-20-50)48(61)55(4)45-34-15-17-44(62-22-21-51)37(26-34)36-24-32(12-16-40(36)56)25-39(41(57)9-7-19-49)54-47(60)29(2)23-43(45)59/h10-17,24,26,28-29,35,39,45,56H,5-9,18,20-23,25,27,50-51H2,1-4H3,(H,54,60)/t29-,35-,39+,45+/m1/s1. The predicted octanol–water partition coefficient (Wildman–Crippen LogP) is 5.75. The van der Waals surface area contributed by atoms with Crippen LogP contribution in [0.25, 0.3) is 22.5 Å². The summed E-state index contributed by atoms with van der Waals surface area (Å²) in [6, 6.07) is 17.4. The zero-order chi connectivity index (χ0) is 44.9. The highest BCUT2D eigenvalue weighted by molar-refractivity contribution is 6.00. The van der Waals surface area contributed by atoms with E-state index in [9.17, 15) is 29.1 Å². The van der Waals surface area contributed by atoms with Gasteiger partial charge in [0, 0.05) is 74.0 Å². The fraction of sp³-hybridized carbons (Fsp3) is 0.417. The van der Waals surface area contributed by atoms with Gasteiger partial charge < -0.3 is 31.5 Å². The number of amides is 2. The van der Waals surface area contributed by atoms with Gasteiger partial charge in [-0.25, -0.2) is 9.97 Å². The van der Waals surface area contributed by atoms with E-state index in [1.165, 1.54) is 29.8 Å². The molecule has 3 aromatic carbocycles. The van der Waals surface area contributed by atoms with Crippen molar-refractivity contribution >= 4 is 29.2 Å². The number of aromatic nitrogens is 2. The number of aryl methyl sites for hydroxylation is 2. The summed E-state index contributed by atoms with van der Waals surface area (Å²) in [7, 11) is 1.48. The number of unbranched alkanes of at least 4 members (excludes halogenated alkanes) is 1. The molecule has 326 valence electrons. The van der Waals surface area contributed by atoms with Gasteiger partial charge in [-0.05, 0) is 80.1 Å². The predicted molar refractivity (Wildman–Crippen MR) is 235 cm³/mol. The number of ketones is 3. The van der Waals surface area contributed by atoms with Crippen LogP contribution in [-0.4, -0.2) is 81.9 Å². The van der Waals surface area contributed by atoms with Crippen LogP contribution in [0.5, 0.6) is 11.5 Å². The molecule has 1 aromatic heterocycles. The fourth-order valence-corrected chi connectivity index (χ4v) is 7.77. The molecule has 4 bridgehead atoms. The molecule has 2 heterocycles. The van der Waals surface area contributed by atoms with E-state index >= 15 is 0 Å². The number of hydrogen-bond acceptors (Lipinski definition) is 12. The molecule has 0 aliphatic carbocycles. The quantitative estimate of drug-likeness (QED) is 0.0931. The Kier molecular flexibility index (Phi) is 16.6. The van der Waals surface area contributed by atoms with Crippen molar-refractivity contribution in [1.29, 1.82) is 5.26 Å². The maximum atomic E-state index is 14.6. The number of nitrogens with one attached hydrogen (secondary N) is 1. The third kappa shape index (κ3) is 11.5. The van der Waals surface area contributed by atoms with E-state index in [1.54, 1.807) is 44.2 Å². The van der Waals surface area contributed by atoms with Gasteiger partial charge in [-0.2, -0.15) is 5.26 Å². The number of carbonyl (C=O) groups excluding carboxylic acids is 5. The normalized spacial score (nSPS) is 17.0. The Bertz CT molecular complexity index is 2310. The van der Waals surface area contributed by atoms with Crippen molar-refractivity contribution in [3.63, 3.8) is 0 Å². The molecule has 4 atom stereocenters. The van der Waals surface area contributed by atoms with Crippen molar-refractivity contribution in [3.8, 4) is 40.1 Å². The molecule has 0 radical (unpaired) electrons. The lowest BCUT2D eigenvalue weighted by atomic mass is 9.88. The van der Waals surface area contributed by atoms with Crippen molar-refractivity contribution in [2.75, 3.05) is 26.7 Å². The molecule has 0 fully saturated rings. The lowest BCUT2D eigenvalue weighted by Crippen LogP contribution is -2.46. The van der Waals surface area contributed by atoms with Gasteiger partial charge in [0.05, 0.1) is 23.4 Å². The van der Waals surface area contributed by atoms with Crippen molar-refractivity contribution in [3.05, 3.63) is 94.8 Å². The number of phenolic OH excluding ortho intramolecular Hbond substituents is 1. The zero-order valence-corrected chi connectivity index (χ0v) is 36.0. The Morgan fingerprint density at radius 2 is 1.79 bits per heavy atom. The molecule has 0 spiro atoms. The average molecular weight is 844 g/mol. The summed E-state index contributed by atoms with van der Waals surface area (Å²) in [5.74, 6) is -3.41. The van der Waals surface area contributed by atoms with Crippen LogP contribution < -0.4 is 21.5 Å². The van der Waals surface area contributed by atoms with Crippen molar-refractivity contribution < 1.29 is 33.8 Å². The maximum Gasteiger partial charge on any atom is 0.226 e. The van der Waals surface area contributed by atoms with Crippen LogP contribution in [0.4, 0.5) is 0 Å². The summed E-state index contributed by atoms with van der Waals surface area (Å²) in [4.78, 5) is 80.5. The number of rotatable bonds is 17. The minimum atomic E-state index is -1.26. The second kappa shape index (κ2) is 22.0. The molecule has 2 amide bonds. The second-order valence-corrected chi connectivity index (χ2v) is 16.0. The summed E-state index contributed by atoms with van der Waals surface area (Å²) in [5.41, 5.74) is 16.3. The van der Waals surface area contributed by atoms with E-state index in [2.05, 4.69) is 34.3 Å². The Morgan fingerprint density at radius 3 is 2.47 bits per heavy atom. The number of nitrogens with zero attached hydrogens (tertiary/aromatic N) is 4. The minimum Gasteiger partial charge on any atom is -0.507 e. The molecule has 0 unspecified atom stereocenters. The van der Waals surface area contributed by atoms with Gasteiger partial charge >= 0.3 is 0 Å². The number of hydrogen-bond donors (Lipinski definition) is 4. The number of nitrogens with two attached hydrogens (primary N) is 2. The number of fused-ring (bicyclic) bond motifs is 5. The van der Waals surface area contributed by atoms with Gasteiger partial charge in [0.25, 0.3) is 0 Å². The first-order chi connectivity index (χ1) is 29.8. The van der Waals surface area contributed by atoms with Gasteiger partial charge in [0.1, 0.15) is 24.1 Å². The molecule has 1 aliphatic rings. The Labute approximate surface area is 363 Å². The number of benzene rings is 3. The van der Waals surface area contributed by atoms with Gasteiger partial charge in [0.15, 0.2) is 23.2 Å². The van der Waals surface area contributed by atoms with Crippen molar-refractivity contribution in [2.24, 2.45) is 23.3 Å². The molecule has 4 aromatic rings. The first-order valence-corrected chi connectivity index (χ1v) is 21.2. The molecular weight excluding hydrogens is 787 g/mol. The number of carbonyl (C=O) groups is 5. The molecule has 5 rings (SSSR count). The highest BCUT2D eigenvalue weighted by Gasteiger charge is 2.36. The molecule has 14 nitrogen and oxygen atoms in total. The molecule has 0 saturated carbocycles. The monoisotopic (exact) mass is 843 g/mol. The van der Waals surface area contributed by atoms with Crippen LogP contribution >= 0.6 is 0 Å². The molecule has 14 heteroatoms. The largest absolute Gasteiger partial charge is 0.507 e. The SMILES string of the molecule is CCCCc1ccc(-c2ncc(C(=O)C[C@@H](CCN)C(=O)N(C)[C@@H]3C(=O)C[C@@H](C)C(=O)N[C@H](C(=O)CCC#N)Cc4ccc(O)c(c4)-c4cc3ccc4OCCN)c(C)n2)cc1. The lowest BCUT2D eigenvalue weighted by Gasteiger charge is -2.32. The first kappa shape index (κ1) is 46.8. The lowest BCUT2D eigenvalue weighted by molar-refractivity contribution is -0.142. The molecule has 1 aliphatic heterocycles. The fourth-order valence-electron chi connectivity index (χ4n) is 7.77. The number of nitriles is 1.